The van der Waals surface area contributed by atoms with Gasteiger partial charge in [0, 0.05) is 30.8 Å². The quantitative estimate of drug-likeness (QED) is 0.864. The van der Waals surface area contributed by atoms with E-state index in [-0.39, 0.29) is 5.91 Å². The highest BCUT2D eigenvalue weighted by molar-refractivity contribution is 7.99. The second kappa shape index (κ2) is 5.65. The fourth-order valence-electron chi connectivity index (χ4n) is 1.61. The van der Waals surface area contributed by atoms with Crippen molar-refractivity contribution in [3.05, 3.63) is 16.1 Å². The van der Waals surface area contributed by atoms with E-state index in [4.69, 9.17) is 5.73 Å². The highest BCUT2D eigenvalue weighted by atomic mass is 32.2. The van der Waals surface area contributed by atoms with E-state index in [0.717, 1.165) is 36.0 Å². The Hall–Kier alpha value is -0.590. The van der Waals surface area contributed by atoms with Gasteiger partial charge in [0.25, 0.3) is 5.91 Å². The summed E-state index contributed by atoms with van der Waals surface area (Å²) in [5.74, 6) is 2.23. The number of nitrogens with zero attached hydrogens (tertiary/aromatic N) is 2. The van der Waals surface area contributed by atoms with E-state index in [9.17, 15) is 4.79 Å². The van der Waals surface area contributed by atoms with Gasteiger partial charge in [0.15, 0.2) is 0 Å². The van der Waals surface area contributed by atoms with Gasteiger partial charge in [-0.3, -0.25) is 4.79 Å². The number of carbonyl (C=O) groups is 1. The van der Waals surface area contributed by atoms with Crippen molar-refractivity contribution in [2.45, 2.75) is 13.0 Å². The molecule has 1 aliphatic rings. The van der Waals surface area contributed by atoms with E-state index in [1.54, 1.807) is 0 Å². The molecule has 2 rings (SSSR count). The average molecular weight is 257 g/mol. The number of carbonyl (C=O) groups excluding carboxylic acids is 1. The number of hydrogen-bond acceptors (Lipinski definition) is 5. The third kappa shape index (κ3) is 2.75. The molecule has 1 aliphatic heterocycles. The lowest BCUT2D eigenvalue weighted by Crippen LogP contribution is -2.33. The maximum absolute atomic E-state index is 12.1. The molecule has 0 unspecified atom stereocenters. The molecule has 1 fully saturated rings. The minimum absolute atomic E-state index is 0.0541. The number of thiazole rings is 1. The summed E-state index contributed by atoms with van der Waals surface area (Å²) in [6, 6.07) is 0. The van der Waals surface area contributed by atoms with Crippen LogP contribution in [0.4, 0.5) is 0 Å². The van der Waals surface area contributed by atoms with Crippen LogP contribution >= 0.6 is 23.1 Å². The molecule has 88 valence electrons. The van der Waals surface area contributed by atoms with Crippen LogP contribution in [-0.4, -0.2) is 40.4 Å². The van der Waals surface area contributed by atoms with E-state index in [1.807, 2.05) is 22.0 Å². The van der Waals surface area contributed by atoms with Crippen molar-refractivity contribution < 1.29 is 4.79 Å². The Bertz CT molecular complexity index is 359. The fourth-order valence-corrected chi connectivity index (χ4v) is 3.15. The smallest absolute Gasteiger partial charge is 0.273 e. The molecule has 1 aromatic rings. The van der Waals surface area contributed by atoms with Gasteiger partial charge in [0.1, 0.15) is 10.7 Å². The molecule has 1 amide bonds. The molecule has 2 N–H and O–H groups in total. The third-order valence-electron chi connectivity index (χ3n) is 2.45. The molecule has 0 aliphatic carbocycles. The first-order chi connectivity index (χ1) is 7.81. The van der Waals surface area contributed by atoms with Gasteiger partial charge >= 0.3 is 0 Å². The minimum atomic E-state index is 0.0541. The molecule has 2 heterocycles. The topological polar surface area (TPSA) is 59.2 Å². The Morgan fingerprint density at radius 2 is 2.38 bits per heavy atom. The van der Waals surface area contributed by atoms with Crippen molar-refractivity contribution in [3.63, 3.8) is 0 Å². The lowest BCUT2D eigenvalue weighted by atomic mass is 10.3. The molecule has 0 atom stereocenters. The molecule has 0 radical (unpaired) electrons. The standard InChI is InChI=1S/C10H15N3OS2/c11-6-9-12-8(7-16-9)10(14)13-2-1-4-15-5-3-13/h7H,1-6,11H2. The summed E-state index contributed by atoms with van der Waals surface area (Å²) in [7, 11) is 0. The van der Waals surface area contributed by atoms with Gasteiger partial charge < -0.3 is 10.6 Å². The Balaban J connectivity index is 2.05. The molecular weight excluding hydrogens is 242 g/mol. The molecule has 6 heteroatoms. The number of nitrogens with two attached hydrogens (primary N) is 1. The summed E-state index contributed by atoms with van der Waals surface area (Å²) in [6.45, 7) is 2.09. The highest BCUT2D eigenvalue weighted by Crippen LogP contribution is 2.15. The molecule has 1 aromatic heterocycles. The van der Waals surface area contributed by atoms with Crippen molar-refractivity contribution in [2.75, 3.05) is 24.6 Å². The van der Waals surface area contributed by atoms with Crippen LogP contribution in [0.3, 0.4) is 0 Å². The largest absolute Gasteiger partial charge is 0.336 e. The molecule has 16 heavy (non-hydrogen) atoms. The molecule has 0 spiro atoms. The van der Waals surface area contributed by atoms with Crippen LogP contribution in [-0.2, 0) is 6.54 Å². The first-order valence-corrected chi connectivity index (χ1v) is 7.36. The lowest BCUT2D eigenvalue weighted by Gasteiger charge is -2.18. The highest BCUT2D eigenvalue weighted by Gasteiger charge is 2.19. The average Bonchev–Trinajstić information content (AvgIpc) is 2.62. The second-order valence-corrected chi connectivity index (χ2v) is 5.76. The predicted octanol–water partition coefficient (Wildman–Crippen LogP) is 1.18. The summed E-state index contributed by atoms with van der Waals surface area (Å²) >= 11 is 3.37. The van der Waals surface area contributed by atoms with Gasteiger partial charge in [-0.2, -0.15) is 11.8 Å². The van der Waals surface area contributed by atoms with Gasteiger partial charge in [-0.25, -0.2) is 4.98 Å². The van der Waals surface area contributed by atoms with Crippen molar-refractivity contribution in [1.82, 2.24) is 9.88 Å². The van der Waals surface area contributed by atoms with Gasteiger partial charge in [-0.1, -0.05) is 0 Å². The van der Waals surface area contributed by atoms with E-state index in [1.165, 1.54) is 11.3 Å². The van der Waals surface area contributed by atoms with Gasteiger partial charge in [0.2, 0.25) is 0 Å². The summed E-state index contributed by atoms with van der Waals surface area (Å²) in [4.78, 5) is 18.2. The van der Waals surface area contributed by atoms with Crippen LogP contribution in [0, 0.1) is 0 Å². The van der Waals surface area contributed by atoms with Gasteiger partial charge in [-0.05, 0) is 12.2 Å². The van der Waals surface area contributed by atoms with Crippen molar-refractivity contribution in [2.24, 2.45) is 5.73 Å². The normalized spacial score (nSPS) is 17.2. The first-order valence-electron chi connectivity index (χ1n) is 5.33. The SMILES string of the molecule is NCc1nc(C(=O)N2CCCSCC2)cs1. The maximum atomic E-state index is 12.1. The molecule has 0 aromatic carbocycles. The van der Waals surface area contributed by atoms with E-state index in [0.29, 0.717) is 12.2 Å². The van der Waals surface area contributed by atoms with Crippen molar-refractivity contribution in [1.29, 1.82) is 0 Å². The minimum Gasteiger partial charge on any atom is -0.336 e. The van der Waals surface area contributed by atoms with Crippen LogP contribution in [0.15, 0.2) is 5.38 Å². The van der Waals surface area contributed by atoms with E-state index >= 15 is 0 Å². The number of amides is 1. The fraction of sp³-hybridized carbons (Fsp3) is 0.600. The Labute approximate surface area is 103 Å². The summed E-state index contributed by atoms with van der Waals surface area (Å²) in [5, 5.41) is 2.63. The lowest BCUT2D eigenvalue weighted by molar-refractivity contribution is 0.0763. The van der Waals surface area contributed by atoms with Crippen LogP contribution in [0.1, 0.15) is 21.9 Å². The number of aromatic nitrogens is 1. The predicted molar refractivity (Wildman–Crippen MR) is 67.9 cm³/mol. The molecule has 0 saturated carbocycles. The molecule has 1 saturated heterocycles. The summed E-state index contributed by atoms with van der Waals surface area (Å²) in [6.07, 6.45) is 1.07. The zero-order valence-corrected chi connectivity index (χ0v) is 10.6. The number of hydrogen-bond donors (Lipinski definition) is 1. The van der Waals surface area contributed by atoms with Crippen LogP contribution < -0.4 is 5.73 Å². The van der Waals surface area contributed by atoms with Crippen LogP contribution in [0.2, 0.25) is 0 Å². The molecule has 0 bridgehead atoms. The van der Waals surface area contributed by atoms with Crippen LogP contribution in [0.5, 0.6) is 0 Å². The van der Waals surface area contributed by atoms with Crippen molar-refractivity contribution >= 4 is 29.0 Å². The number of rotatable bonds is 2. The second-order valence-electron chi connectivity index (χ2n) is 3.59. The van der Waals surface area contributed by atoms with E-state index < -0.39 is 0 Å². The Kier molecular flexibility index (Phi) is 4.20. The zero-order valence-electron chi connectivity index (χ0n) is 9.02. The zero-order chi connectivity index (χ0) is 11.4. The number of thioether (sulfide) groups is 1. The molecular formula is C10H15N3OS2. The van der Waals surface area contributed by atoms with Crippen molar-refractivity contribution in [3.8, 4) is 0 Å². The van der Waals surface area contributed by atoms with E-state index in [2.05, 4.69) is 4.98 Å². The summed E-state index contributed by atoms with van der Waals surface area (Å²) < 4.78 is 0. The molecule has 4 nitrogen and oxygen atoms in total. The summed E-state index contributed by atoms with van der Waals surface area (Å²) in [5.41, 5.74) is 6.04. The monoisotopic (exact) mass is 257 g/mol. The maximum Gasteiger partial charge on any atom is 0.273 e. The van der Waals surface area contributed by atoms with Gasteiger partial charge in [-0.15, -0.1) is 11.3 Å². The Morgan fingerprint density at radius 1 is 1.50 bits per heavy atom. The van der Waals surface area contributed by atoms with Gasteiger partial charge in [0.05, 0.1) is 0 Å². The first kappa shape index (κ1) is 11.9. The third-order valence-corrected chi connectivity index (χ3v) is 4.37. The van der Waals surface area contributed by atoms with Crippen LogP contribution in [0.25, 0.3) is 0 Å². The Morgan fingerprint density at radius 3 is 3.12 bits per heavy atom.